The highest BCUT2D eigenvalue weighted by Gasteiger charge is 2.33. The first kappa shape index (κ1) is 14.1. The number of nitrogens with zero attached hydrogens (tertiary/aromatic N) is 1. The van der Waals surface area contributed by atoms with Crippen molar-refractivity contribution in [2.24, 2.45) is 5.92 Å². The summed E-state index contributed by atoms with van der Waals surface area (Å²) < 4.78 is 11.4. The lowest BCUT2D eigenvalue weighted by Gasteiger charge is -2.37. The van der Waals surface area contributed by atoms with Gasteiger partial charge >= 0.3 is 0 Å². The Kier molecular flexibility index (Phi) is 4.18. The molecule has 1 aliphatic heterocycles. The van der Waals surface area contributed by atoms with Gasteiger partial charge in [-0.25, -0.2) is 0 Å². The van der Waals surface area contributed by atoms with E-state index in [0.717, 1.165) is 24.8 Å². The summed E-state index contributed by atoms with van der Waals surface area (Å²) in [5.74, 6) is 6.68. The normalized spacial score (nSPS) is 28.1. The molecule has 1 heterocycles. The number of hydrogen-bond acceptors (Lipinski definition) is 4. The minimum Gasteiger partial charge on any atom is -0.373 e. The summed E-state index contributed by atoms with van der Waals surface area (Å²) in [5.41, 5.74) is 0.900. The molecule has 2 aliphatic rings. The molecular formula is C16H17NO4. The van der Waals surface area contributed by atoms with Crippen molar-refractivity contribution in [1.82, 2.24) is 0 Å². The highest BCUT2D eigenvalue weighted by molar-refractivity contribution is 5.41. The van der Waals surface area contributed by atoms with Gasteiger partial charge < -0.3 is 9.47 Å². The molecule has 0 radical (unpaired) electrons. The molecule has 3 atom stereocenters. The van der Waals surface area contributed by atoms with Crippen LogP contribution < -0.4 is 0 Å². The van der Waals surface area contributed by atoms with Crippen LogP contribution in [0, 0.1) is 27.9 Å². The van der Waals surface area contributed by atoms with Crippen molar-refractivity contribution >= 4 is 5.69 Å². The van der Waals surface area contributed by atoms with E-state index in [4.69, 9.17) is 9.47 Å². The molecule has 1 saturated heterocycles. The van der Waals surface area contributed by atoms with Crippen LogP contribution in [0.3, 0.4) is 0 Å². The third-order valence-corrected chi connectivity index (χ3v) is 3.98. The second-order valence-corrected chi connectivity index (χ2v) is 5.40. The molecule has 3 unspecified atom stereocenters. The molecule has 0 aromatic heterocycles. The topological polar surface area (TPSA) is 61.6 Å². The average Bonchev–Trinajstić information content (AvgIpc) is 2.53. The molecule has 1 aromatic carbocycles. The van der Waals surface area contributed by atoms with Gasteiger partial charge in [0, 0.05) is 23.6 Å². The van der Waals surface area contributed by atoms with E-state index in [9.17, 15) is 10.1 Å². The van der Waals surface area contributed by atoms with Crippen LogP contribution in [0.25, 0.3) is 0 Å². The minimum absolute atomic E-state index is 0.0915. The Morgan fingerprint density at radius 1 is 1.10 bits per heavy atom. The molecule has 0 spiro atoms. The number of rotatable bonds is 1. The Balaban J connectivity index is 1.63. The summed E-state index contributed by atoms with van der Waals surface area (Å²) in [7, 11) is 0. The minimum atomic E-state index is -0.404. The van der Waals surface area contributed by atoms with Gasteiger partial charge in [-0.2, -0.15) is 0 Å². The lowest BCUT2D eigenvalue weighted by atomic mass is 9.85. The van der Waals surface area contributed by atoms with Crippen LogP contribution in [0.5, 0.6) is 0 Å². The van der Waals surface area contributed by atoms with Crippen molar-refractivity contribution < 1.29 is 14.4 Å². The third kappa shape index (κ3) is 3.41. The van der Waals surface area contributed by atoms with Crippen molar-refractivity contribution in [3.05, 3.63) is 39.9 Å². The van der Waals surface area contributed by atoms with Crippen molar-refractivity contribution in [3.8, 4) is 11.8 Å². The first-order valence-electron chi connectivity index (χ1n) is 7.21. The fraction of sp³-hybridized carbons (Fsp3) is 0.500. The monoisotopic (exact) mass is 287 g/mol. The van der Waals surface area contributed by atoms with Gasteiger partial charge in [0.1, 0.15) is 0 Å². The van der Waals surface area contributed by atoms with Gasteiger partial charge in [-0.05, 0) is 31.4 Å². The predicted molar refractivity (Wildman–Crippen MR) is 76.8 cm³/mol. The maximum Gasteiger partial charge on any atom is 0.269 e. The zero-order valence-corrected chi connectivity index (χ0v) is 11.7. The lowest BCUT2D eigenvalue weighted by molar-refractivity contribution is -0.384. The van der Waals surface area contributed by atoms with Crippen molar-refractivity contribution in [2.45, 2.75) is 31.5 Å². The number of benzene rings is 1. The van der Waals surface area contributed by atoms with E-state index in [2.05, 4.69) is 11.8 Å². The number of nitro benzene ring substituents is 1. The van der Waals surface area contributed by atoms with Gasteiger partial charge in [0.25, 0.3) is 5.69 Å². The Hall–Kier alpha value is -1.90. The molecule has 2 fully saturated rings. The van der Waals surface area contributed by atoms with Gasteiger partial charge in [-0.1, -0.05) is 11.8 Å². The summed E-state index contributed by atoms with van der Waals surface area (Å²) in [6.45, 7) is 1.37. The first-order valence-corrected chi connectivity index (χ1v) is 7.21. The highest BCUT2D eigenvalue weighted by atomic mass is 16.6. The first-order chi connectivity index (χ1) is 10.2. The molecule has 1 aliphatic carbocycles. The van der Waals surface area contributed by atoms with E-state index in [1.807, 2.05) is 0 Å². The molecular weight excluding hydrogens is 270 g/mol. The summed E-state index contributed by atoms with van der Waals surface area (Å²) in [6.07, 6.45) is 3.32. The summed E-state index contributed by atoms with van der Waals surface area (Å²) in [5, 5.41) is 10.6. The Bertz CT molecular complexity index is 572. The van der Waals surface area contributed by atoms with Crippen LogP contribution in [0.2, 0.25) is 0 Å². The number of fused-ring (bicyclic) bond motifs is 1. The number of nitro groups is 1. The molecule has 5 heteroatoms. The summed E-state index contributed by atoms with van der Waals surface area (Å²) >= 11 is 0. The Morgan fingerprint density at radius 3 is 2.52 bits per heavy atom. The van der Waals surface area contributed by atoms with E-state index in [1.54, 1.807) is 12.1 Å². The van der Waals surface area contributed by atoms with Crippen molar-refractivity contribution in [2.75, 3.05) is 13.2 Å². The third-order valence-electron chi connectivity index (χ3n) is 3.98. The smallest absolute Gasteiger partial charge is 0.269 e. The number of ether oxygens (including phenoxy) is 2. The fourth-order valence-electron chi connectivity index (χ4n) is 2.85. The van der Waals surface area contributed by atoms with Crippen molar-refractivity contribution in [1.29, 1.82) is 0 Å². The van der Waals surface area contributed by atoms with E-state index < -0.39 is 4.92 Å². The lowest BCUT2D eigenvalue weighted by Crippen LogP contribution is -2.42. The SMILES string of the molecule is O=[N+]([O-])c1ccc(C#CC2CCC3OCCOC3C2)cc1. The van der Waals surface area contributed by atoms with E-state index in [1.165, 1.54) is 12.1 Å². The van der Waals surface area contributed by atoms with E-state index in [0.29, 0.717) is 19.1 Å². The summed E-state index contributed by atoms with van der Waals surface area (Å²) in [4.78, 5) is 10.2. The Labute approximate surface area is 123 Å². The molecule has 110 valence electrons. The molecule has 21 heavy (non-hydrogen) atoms. The van der Waals surface area contributed by atoms with Crippen LogP contribution in [0.1, 0.15) is 24.8 Å². The molecule has 0 bridgehead atoms. The zero-order chi connectivity index (χ0) is 14.7. The van der Waals surface area contributed by atoms with Gasteiger partial charge in [-0.3, -0.25) is 10.1 Å². The quantitative estimate of drug-likeness (QED) is 0.452. The fourth-order valence-corrected chi connectivity index (χ4v) is 2.85. The van der Waals surface area contributed by atoms with Crippen LogP contribution in [-0.4, -0.2) is 30.3 Å². The molecule has 5 nitrogen and oxygen atoms in total. The van der Waals surface area contributed by atoms with E-state index >= 15 is 0 Å². The zero-order valence-electron chi connectivity index (χ0n) is 11.7. The predicted octanol–water partition coefficient (Wildman–Crippen LogP) is 2.53. The maximum atomic E-state index is 10.6. The van der Waals surface area contributed by atoms with Crippen LogP contribution in [0.15, 0.2) is 24.3 Å². The molecule has 0 N–H and O–H groups in total. The maximum absolute atomic E-state index is 10.6. The number of non-ortho nitro benzene ring substituents is 1. The Morgan fingerprint density at radius 2 is 1.81 bits per heavy atom. The van der Waals surface area contributed by atoms with Gasteiger partial charge in [0.15, 0.2) is 0 Å². The molecule has 3 rings (SSSR count). The average molecular weight is 287 g/mol. The number of hydrogen-bond donors (Lipinski definition) is 0. The van der Waals surface area contributed by atoms with Crippen LogP contribution >= 0.6 is 0 Å². The summed E-state index contributed by atoms with van der Waals surface area (Å²) in [6, 6.07) is 6.35. The van der Waals surface area contributed by atoms with Crippen LogP contribution in [-0.2, 0) is 9.47 Å². The van der Waals surface area contributed by atoms with Crippen LogP contribution in [0.4, 0.5) is 5.69 Å². The molecule has 1 saturated carbocycles. The van der Waals surface area contributed by atoms with Gasteiger partial charge in [0.2, 0.25) is 0 Å². The second-order valence-electron chi connectivity index (χ2n) is 5.40. The molecule has 1 aromatic rings. The van der Waals surface area contributed by atoms with Gasteiger partial charge in [-0.15, -0.1) is 0 Å². The highest BCUT2D eigenvalue weighted by Crippen LogP contribution is 2.30. The van der Waals surface area contributed by atoms with Crippen molar-refractivity contribution in [3.63, 3.8) is 0 Å². The second kappa shape index (κ2) is 6.25. The molecule has 0 amide bonds. The van der Waals surface area contributed by atoms with E-state index in [-0.39, 0.29) is 17.9 Å². The van der Waals surface area contributed by atoms with Gasteiger partial charge in [0.05, 0.1) is 30.3 Å². The largest absolute Gasteiger partial charge is 0.373 e. The standard InChI is InChI=1S/C16H17NO4/c18-17(19)14-6-3-12(4-7-14)1-2-13-5-8-15-16(11-13)21-10-9-20-15/h3-4,6-7,13,15-16H,5,8-11H2.